The summed E-state index contributed by atoms with van der Waals surface area (Å²) < 4.78 is 29.5. The molecule has 11 nitrogen and oxygen atoms in total. The maximum atomic E-state index is 13.2. The maximum absolute atomic E-state index is 13.2. The van der Waals surface area contributed by atoms with Crippen molar-refractivity contribution in [2.75, 3.05) is 38.2 Å². The van der Waals surface area contributed by atoms with E-state index in [1.807, 2.05) is 0 Å². The lowest BCUT2D eigenvalue weighted by atomic mass is 10.1. The van der Waals surface area contributed by atoms with Gasteiger partial charge in [0.25, 0.3) is 21.5 Å². The van der Waals surface area contributed by atoms with Crippen LogP contribution in [-0.2, 0) is 21.3 Å². The molecule has 178 valence electrons. The number of morpholine rings is 1. The zero-order chi connectivity index (χ0) is 22.9. The number of primary sulfonamides is 1. The average molecular weight is 515 g/mol. The van der Waals surface area contributed by atoms with Gasteiger partial charge in [0.1, 0.15) is 4.83 Å². The van der Waals surface area contributed by atoms with Crippen LogP contribution in [0.15, 0.2) is 34.5 Å². The number of anilines is 1. The molecule has 3 aromatic heterocycles. The van der Waals surface area contributed by atoms with E-state index in [2.05, 4.69) is 20.2 Å². The lowest BCUT2D eigenvalue weighted by Gasteiger charge is -2.26. The summed E-state index contributed by atoms with van der Waals surface area (Å²) in [7, 11) is -3.94. The number of sulfonamides is 1. The Hall–Kier alpha value is -2.42. The molecule has 1 saturated heterocycles. The van der Waals surface area contributed by atoms with Gasteiger partial charge < -0.3 is 10.1 Å². The Morgan fingerprint density at radius 1 is 1.24 bits per heavy atom. The Labute approximate surface area is 200 Å². The fourth-order valence-electron chi connectivity index (χ4n) is 3.46. The molecular formula is C19H23ClN6O5S2. The predicted molar refractivity (Wildman–Crippen MR) is 127 cm³/mol. The van der Waals surface area contributed by atoms with Gasteiger partial charge in [0.2, 0.25) is 0 Å². The van der Waals surface area contributed by atoms with Gasteiger partial charge in [0.15, 0.2) is 5.03 Å². The number of halogens is 1. The van der Waals surface area contributed by atoms with E-state index in [0.717, 1.165) is 13.1 Å². The molecule has 33 heavy (non-hydrogen) atoms. The number of hydrogen-bond acceptors (Lipinski definition) is 9. The smallest absolute Gasteiger partial charge is 0.262 e. The molecule has 0 atom stereocenters. The zero-order valence-corrected chi connectivity index (χ0v) is 20.1. The highest BCUT2D eigenvalue weighted by Gasteiger charge is 2.22. The molecule has 0 aliphatic carbocycles. The number of fused-ring (bicyclic) bond motifs is 1. The number of nitrogens with zero attached hydrogens (tertiary/aromatic N) is 4. The van der Waals surface area contributed by atoms with Crippen molar-refractivity contribution in [1.29, 1.82) is 0 Å². The number of ether oxygens (including phenoxy) is 1. The molecule has 0 radical (unpaired) electrons. The van der Waals surface area contributed by atoms with E-state index in [4.69, 9.17) is 9.88 Å². The molecule has 0 aromatic carbocycles. The first-order valence-corrected chi connectivity index (χ1v) is 12.2. The summed E-state index contributed by atoms with van der Waals surface area (Å²) in [5.41, 5.74) is 0.247. The Morgan fingerprint density at radius 2 is 1.97 bits per heavy atom. The monoisotopic (exact) mass is 514 g/mol. The third-order valence-electron chi connectivity index (χ3n) is 5.13. The highest BCUT2D eigenvalue weighted by atomic mass is 35.5. The number of nitrogens with two attached hydrogens (primary N) is 1. The summed E-state index contributed by atoms with van der Waals surface area (Å²) in [4.78, 5) is 37.6. The van der Waals surface area contributed by atoms with Gasteiger partial charge in [-0.2, -0.15) is 0 Å². The first-order valence-electron chi connectivity index (χ1n) is 9.83. The summed E-state index contributed by atoms with van der Waals surface area (Å²) in [6, 6.07) is 2.58. The van der Waals surface area contributed by atoms with E-state index in [9.17, 15) is 18.0 Å². The minimum absolute atomic E-state index is 0. The van der Waals surface area contributed by atoms with Crippen molar-refractivity contribution in [3.63, 3.8) is 0 Å². The van der Waals surface area contributed by atoms with Crippen LogP contribution in [0.5, 0.6) is 0 Å². The van der Waals surface area contributed by atoms with Gasteiger partial charge in [-0.15, -0.1) is 23.7 Å². The second kappa shape index (κ2) is 10.2. The van der Waals surface area contributed by atoms with Gasteiger partial charge in [-0.1, -0.05) is 0 Å². The van der Waals surface area contributed by atoms with E-state index < -0.39 is 15.9 Å². The lowest BCUT2D eigenvalue weighted by Crippen LogP contribution is -2.39. The molecule has 1 aliphatic rings. The van der Waals surface area contributed by atoms with Gasteiger partial charge in [0.05, 0.1) is 42.4 Å². The van der Waals surface area contributed by atoms with Crippen LogP contribution in [0.3, 0.4) is 0 Å². The number of thiophene rings is 1. The summed E-state index contributed by atoms with van der Waals surface area (Å²) in [6.45, 7) is 5.86. The Morgan fingerprint density at radius 3 is 2.61 bits per heavy atom. The van der Waals surface area contributed by atoms with E-state index in [1.54, 1.807) is 6.92 Å². The summed E-state index contributed by atoms with van der Waals surface area (Å²) >= 11 is 1.27. The number of pyridine rings is 1. The fourth-order valence-corrected chi connectivity index (χ4v) is 4.90. The number of carbonyl (C=O) groups excluding carboxylic acids is 1. The molecule has 4 heterocycles. The topological polar surface area (TPSA) is 150 Å². The van der Waals surface area contributed by atoms with Crippen LogP contribution >= 0.6 is 23.7 Å². The summed E-state index contributed by atoms with van der Waals surface area (Å²) in [5, 5.41) is 7.66. The van der Waals surface area contributed by atoms with Crippen LogP contribution in [0.25, 0.3) is 10.2 Å². The molecule has 1 aliphatic heterocycles. The molecule has 0 spiro atoms. The van der Waals surface area contributed by atoms with Crippen molar-refractivity contribution in [3.05, 3.63) is 45.5 Å². The molecule has 1 fully saturated rings. The fraction of sp³-hybridized carbons (Fsp3) is 0.368. The van der Waals surface area contributed by atoms with E-state index in [0.29, 0.717) is 36.0 Å². The SMILES string of the molecule is Cc1sc2ncn(CCN3CCOCC3)c(=O)c2c1C(=O)Nc1ccc(S(N)(=O)=O)nc1.Cl. The summed E-state index contributed by atoms with van der Waals surface area (Å²) in [5.74, 6) is -0.497. The normalized spacial score (nSPS) is 14.7. The third-order valence-corrected chi connectivity index (χ3v) is 6.97. The van der Waals surface area contributed by atoms with Crippen LogP contribution in [0.2, 0.25) is 0 Å². The maximum Gasteiger partial charge on any atom is 0.262 e. The standard InChI is InChI=1S/C19H22N6O5S2.ClH/c1-12-15(17(26)23-13-2-3-14(21-10-13)32(20,28)29)16-18(31-12)22-11-25(19(16)27)5-4-24-6-8-30-9-7-24;/h2-3,10-11H,4-9H2,1H3,(H,23,26)(H2,20,28,29);1H. The van der Waals surface area contributed by atoms with Crippen molar-refractivity contribution < 1.29 is 17.9 Å². The number of carbonyl (C=O) groups is 1. The zero-order valence-electron chi connectivity index (χ0n) is 17.7. The number of amides is 1. The van der Waals surface area contributed by atoms with Gasteiger partial charge in [-0.3, -0.25) is 19.1 Å². The van der Waals surface area contributed by atoms with Crippen LogP contribution in [-0.4, -0.2) is 66.6 Å². The first kappa shape index (κ1) is 25.2. The van der Waals surface area contributed by atoms with Crippen molar-refractivity contribution in [2.45, 2.75) is 18.5 Å². The highest BCUT2D eigenvalue weighted by molar-refractivity contribution is 7.89. The second-order valence-electron chi connectivity index (χ2n) is 7.29. The molecule has 3 aromatic rings. The van der Waals surface area contributed by atoms with E-state index in [1.165, 1.54) is 40.6 Å². The largest absolute Gasteiger partial charge is 0.379 e. The third kappa shape index (κ3) is 5.57. The molecule has 0 bridgehead atoms. The Kier molecular flexibility index (Phi) is 7.82. The van der Waals surface area contributed by atoms with Gasteiger partial charge >= 0.3 is 0 Å². The van der Waals surface area contributed by atoms with Crippen LogP contribution in [0, 0.1) is 6.92 Å². The van der Waals surface area contributed by atoms with Gasteiger partial charge in [-0.25, -0.2) is 23.5 Å². The van der Waals surface area contributed by atoms with Crippen molar-refractivity contribution >= 4 is 55.6 Å². The molecule has 0 unspecified atom stereocenters. The first-order chi connectivity index (χ1) is 15.2. The van der Waals surface area contributed by atoms with Crippen molar-refractivity contribution in [2.24, 2.45) is 5.14 Å². The molecule has 3 N–H and O–H groups in total. The minimum Gasteiger partial charge on any atom is -0.379 e. The molecule has 1 amide bonds. The number of aryl methyl sites for hydroxylation is 1. The van der Waals surface area contributed by atoms with Crippen LogP contribution < -0.4 is 16.0 Å². The van der Waals surface area contributed by atoms with Gasteiger partial charge in [0, 0.05) is 31.1 Å². The summed E-state index contributed by atoms with van der Waals surface area (Å²) in [6.07, 6.45) is 2.71. The van der Waals surface area contributed by atoms with Crippen molar-refractivity contribution in [3.8, 4) is 0 Å². The van der Waals surface area contributed by atoms with Crippen molar-refractivity contribution in [1.82, 2.24) is 19.4 Å². The molecule has 0 saturated carbocycles. The van der Waals surface area contributed by atoms with E-state index >= 15 is 0 Å². The minimum atomic E-state index is -3.94. The quantitative estimate of drug-likeness (QED) is 0.490. The Balaban J connectivity index is 0.00000306. The molecule has 14 heteroatoms. The molecular weight excluding hydrogens is 492 g/mol. The predicted octanol–water partition coefficient (Wildman–Crippen LogP) is 0.815. The van der Waals surface area contributed by atoms with E-state index in [-0.39, 0.29) is 39.6 Å². The van der Waals surface area contributed by atoms with Crippen LogP contribution in [0.1, 0.15) is 15.2 Å². The highest BCUT2D eigenvalue weighted by Crippen LogP contribution is 2.27. The number of rotatable bonds is 6. The van der Waals surface area contributed by atoms with Crippen LogP contribution in [0.4, 0.5) is 5.69 Å². The average Bonchev–Trinajstić information content (AvgIpc) is 3.10. The Bertz CT molecular complexity index is 1320. The molecule has 4 rings (SSSR count). The number of hydrogen-bond donors (Lipinski definition) is 2. The lowest BCUT2D eigenvalue weighted by molar-refractivity contribution is 0.0362. The second-order valence-corrected chi connectivity index (χ2v) is 10.0. The number of aromatic nitrogens is 3. The number of nitrogens with one attached hydrogen (secondary N) is 1. The van der Waals surface area contributed by atoms with Gasteiger partial charge in [-0.05, 0) is 19.1 Å².